The molecule has 0 fully saturated rings. The maximum atomic E-state index is 10.3. The summed E-state index contributed by atoms with van der Waals surface area (Å²) in [5.74, 6) is 0.617. The minimum Gasteiger partial charge on any atom is -0.508 e. The number of methoxy groups -OCH3 is 1. The second-order valence-corrected chi connectivity index (χ2v) is 8.08. The van der Waals surface area contributed by atoms with Gasteiger partial charge in [0.2, 0.25) is 0 Å². The van der Waals surface area contributed by atoms with Crippen LogP contribution >= 0.6 is 0 Å². The smallest absolute Gasteiger partial charge is 0.164 e. The minimum atomic E-state index is -0.280. The van der Waals surface area contributed by atoms with Crippen molar-refractivity contribution in [2.75, 3.05) is 20.2 Å². The summed E-state index contributed by atoms with van der Waals surface area (Å²) in [6, 6.07) is 11.9. The molecule has 3 rings (SSSR count). The van der Waals surface area contributed by atoms with Crippen LogP contribution in [-0.4, -0.2) is 40.6 Å². The Bertz CT molecular complexity index is 1140. The summed E-state index contributed by atoms with van der Waals surface area (Å²) in [6.07, 6.45) is 8.54. The molecule has 7 heteroatoms. The van der Waals surface area contributed by atoms with E-state index < -0.39 is 0 Å². The summed E-state index contributed by atoms with van der Waals surface area (Å²) in [7, 11) is 1.51. The van der Waals surface area contributed by atoms with Crippen LogP contribution in [0.1, 0.15) is 38.9 Å². The monoisotopic (exact) mass is 476 g/mol. The van der Waals surface area contributed by atoms with Gasteiger partial charge in [-0.2, -0.15) is 0 Å². The van der Waals surface area contributed by atoms with Gasteiger partial charge in [0.05, 0.1) is 13.7 Å². The van der Waals surface area contributed by atoms with Crippen molar-refractivity contribution >= 4 is 24.3 Å². The van der Waals surface area contributed by atoms with Crippen LogP contribution in [-0.2, 0) is 19.4 Å². The highest BCUT2D eigenvalue weighted by molar-refractivity contribution is 5.78. The highest BCUT2D eigenvalue weighted by Gasteiger charge is 2.12. The van der Waals surface area contributed by atoms with Crippen LogP contribution in [0.15, 0.2) is 42.5 Å². The third kappa shape index (κ3) is 6.22. The lowest BCUT2D eigenvalue weighted by Crippen LogP contribution is -2.07. The van der Waals surface area contributed by atoms with Gasteiger partial charge in [0.1, 0.15) is 11.5 Å². The standard InChI is InChI=1S/C28H32N2O5/c1-35-28-24(11-13-30)21(7-9-27(28)34)5-3-19-14-18(15-22(32)16-19)2-4-20-6-8-26(33)25(17-31)23(20)10-12-29/h2-9,14-16,31-34H,10-13,17,29-30H2,1H3. The van der Waals surface area contributed by atoms with Gasteiger partial charge in [-0.15, -0.1) is 0 Å². The van der Waals surface area contributed by atoms with Crippen molar-refractivity contribution in [2.45, 2.75) is 19.4 Å². The summed E-state index contributed by atoms with van der Waals surface area (Å²) in [6.45, 7) is 0.508. The van der Waals surface area contributed by atoms with Crippen LogP contribution in [0.3, 0.4) is 0 Å². The van der Waals surface area contributed by atoms with E-state index in [2.05, 4.69) is 0 Å². The number of phenolic OH excluding ortho intramolecular Hbond substituents is 2. The molecule has 0 aromatic heterocycles. The average molecular weight is 477 g/mol. The van der Waals surface area contributed by atoms with Crippen molar-refractivity contribution in [3.8, 4) is 23.0 Å². The Hall–Kier alpha value is -3.78. The number of nitrogens with two attached hydrogens (primary N) is 2. The molecular formula is C28H32N2O5. The Morgan fingerprint density at radius 1 is 0.714 bits per heavy atom. The summed E-state index contributed by atoms with van der Waals surface area (Å²) in [4.78, 5) is 0. The molecule has 3 aromatic rings. The summed E-state index contributed by atoms with van der Waals surface area (Å²) < 4.78 is 5.36. The third-order valence-electron chi connectivity index (χ3n) is 5.74. The summed E-state index contributed by atoms with van der Waals surface area (Å²) >= 11 is 0. The van der Waals surface area contributed by atoms with E-state index in [1.165, 1.54) is 7.11 Å². The highest BCUT2D eigenvalue weighted by Crippen LogP contribution is 2.34. The van der Waals surface area contributed by atoms with E-state index in [-0.39, 0.29) is 23.9 Å². The van der Waals surface area contributed by atoms with Crippen molar-refractivity contribution in [2.24, 2.45) is 11.5 Å². The molecule has 0 atom stereocenters. The van der Waals surface area contributed by atoms with Crippen LogP contribution in [0.25, 0.3) is 24.3 Å². The van der Waals surface area contributed by atoms with Gasteiger partial charge < -0.3 is 36.6 Å². The molecule has 0 spiro atoms. The molecule has 7 nitrogen and oxygen atoms in total. The molecule has 3 aromatic carbocycles. The zero-order chi connectivity index (χ0) is 25.4. The van der Waals surface area contributed by atoms with Crippen molar-refractivity contribution < 1.29 is 25.2 Å². The second kappa shape index (κ2) is 12.1. The van der Waals surface area contributed by atoms with Gasteiger partial charge in [-0.25, -0.2) is 0 Å². The molecule has 0 unspecified atom stereocenters. The van der Waals surface area contributed by atoms with Crippen LogP contribution in [0.4, 0.5) is 0 Å². The maximum Gasteiger partial charge on any atom is 0.164 e. The second-order valence-electron chi connectivity index (χ2n) is 8.08. The Morgan fingerprint density at radius 3 is 1.80 bits per heavy atom. The van der Waals surface area contributed by atoms with E-state index in [9.17, 15) is 20.4 Å². The van der Waals surface area contributed by atoms with Gasteiger partial charge in [0, 0.05) is 11.1 Å². The van der Waals surface area contributed by atoms with E-state index in [1.807, 2.05) is 30.4 Å². The average Bonchev–Trinajstić information content (AvgIpc) is 2.83. The van der Waals surface area contributed by atoms with Crippen molar-refractivity contribution in [1.29, 1.82) is 0 Å². The van der Waals surface area contributed by atoms with Crippen molar-refractivity contribution in [3.63, 3.8) is 0 Å². The Balaban J connectivity index is 1.94. The highest BCUT2D eigenvalue weighted by atomic mass is 16.5. The molecular weight excluding hydrogens is 444 g/mol. The minimum absolute atomic E-state index is 0.0396. The van der Waals surface area contributed by atoms with Crippen LogP contribution in [0.5, 0.6) is 23.0 Å². The van der Waals surface area contributed by atoms with E-state index in [0.29, 0.717) is 37.2 Å². The number of benzene rings is 3. The lowest BCUT2D eigenvalue weighted by molar-refractivity contribution is 0.274. The first-order valence-corrected chi connectivity index (χ1v) is 11.4. The molecule has 0 radical (unpaired) electrons. The number of ether oxygens (including phenoxy) is 1. The fourth-order valence-electron chi connectivity index (χ4n) is 4.11. The van der Waals surface area contributed by atoms with E-state index in [4.69, 9.17) is 16.2 Å². The molecule has 184 valence electrons. The first-order valence-electron chi connectivity index (χ1n) is 11.4. The van der Waals surface area contributed by atoms with Gasteiger partial charge in [-0.05, 0) is 84.1 Å². The fraction of sp³-hybridized carbons (Fsp3) is 0.214. The fourth-order valence-corrected chi connectivity index (χ4v) is 4.11. The molecule has 35 heavy (non-hydrogen) atoms. The predicted octanol–water partition coefficient (Wildman–Crippen LogP) is 3.65. The van der Waals surface area contributed by atoms with Crippen LogP contribution in [0, 0.1) is 0 Å². The molecule has 0 bridgehead atoms. The summed E-state index contributed by atoms with van der Waals surface area (Å²) in [5, 5.41) is 40.1. The molecule has 0 aliphatic heterocycles. The zero-order valence-corrected chi connectivity index (χ0v) is 19.7. The molecule has 0 aliphatic rings. The predicted molar refractivity (Wildman–Crippen MR) is 140 cm³/mol. The zero-order valence-electron chi connectivity index (χ0n) is 19.7. The van der Waals surface area contributed by atoms with Gasteiger partial charge >= 0.3 is 0 Å². The van der Waals surface area contributed by atoms with Crippen molar-refractivity contribution in [3.05, 3.63) is 81.4 Å². The first kappa shape index (κ1) is 25.8. The number of hydrogen-bond donors (Lipinski definition) is 6. The lowest BCUT2D eigenvalue weighted by Gasteiger charge is -2.13. The number of rotatable bonds is 10. The Morgan fingerprint density at radius 2 is 1.26 bits per heavy atom. The van der Waals surface area contributed by atoms with E-state index >= 15 is 0 Å². The number of hydrogen-bond acceptors (Lipinski definition) is 7. The van der Waals surface area contributed by atoms with Crippen LogP contribution in [0.2, 0.25) is 0 Å². The van der Waals surface area contributed by atoms with Gasteiger partial charge in [-0.1, -0.05) is 36.4 Å². The number of aliphatic hydroxyl groups excluding tert-OH is 1. The first-order chi connectivity index (χ1) is 16.9. The quantitative estimate of drug-likeness (QED) is 0.245. The molecule has 0 amide bonds. The third-order valence-corrected chi connectivity index (χ3v) is 5.74. The summed E-state index contributed by atoms with van der Waals surface area (Å²) in [5.41, 5.74) is 16.8. The van der Waals surface area contributed by atoms with E-state index in [0.717, 1.165) is 33.4 Å². The topological polar surface area (TPSA) is 142 Å². The largest absolute Gasteiger partial charge is 0.508 e. The maximum absolute atomic E-state index is 10.3. The SMILES string of the molecule is COc1c(O)ccc(C=Cc2cc(O)cc(C=Cc3ccc(O)c(CO)c3CCN)c2)c1CCN. The van der Waals surface area contributed by atoms with Gasteiger partial charge in [-0.3, -0.25) is 0 Å². The molecule has 0 aliphatic carbocycles. The number of aliphatic hydroxyl groups is 1. The van der Waals surface area contributed by atoms with Crippen molar-refractivity contribution in [1.82, 2.24) is 0 Å². The number of phenols is 3. The van der Waals surface area contributed by atoms with E-state index in [1.54, 1.807) is 36.4 Å². The molecule has 8 N–H and O–H groups in total. The van der Waals surface area contributed by atoms with Crippen LogP contribution < -0.4 is 16.2 Å². The molecule has 0 saturated heterocycles. The normalized spacial score (nSPS) is 11.5. The Kier molecular flexibility index (Phi) is 8.92. The Labute approximate surface area is 205 Å². The lowest BCUT2D eigenvalue weighted by atomic mass is 9.96. The van der Waals surface area contributed by atoms with Gasteiger partial charge in [0.25, 0.3) is 0 Å². The molecule has 0 heterocycles. The molecule has 0 saturated carbocycles. The van der Waals surface area contributed by atoms with Gasteiger partial charge in [0.15, 0.2) is 11.5 Å². The number of aromatic hydroxyl groups is 3.